The summed E-state index contributed by atoms with van der Waals surface area (Å²) in [5.41, 5.74) is 3.82. The van der Waals surface area contributed by atoms with Crippen LogP contribution in [0.5, 0.6) is 0 Å². The Morgan fingerprint density at radius 3 is 2.00 bits per heavy atom. The van der Waals surface area contributed by atoms with Crippen LogP contribution in [0.4, 0.5) is 17.6 Å². The third-order valence-electron chi connectivity index (χ3n) is 4.81. The molecule has 0 unspecified atom stereocenters. The molecule has 0 saturated carbocycles. The van der Waals surface area contributed by atoms with Gasteiger partial charge in [-0.2, -0.15) is 0 Å². The predicted molar refractivity (Wildman–Crippen MR) is 122 cm³/mol. The van der Waals surface area contributed by atoms with Gasteiger partial charge in [0, 0.05) is 32.5 Å². The van der Waals surface area contributed by atoms with Crippen molar-refractivity contribution in [3.05, 3.63) is 133 Å². The molecule has 2 nitrogen and oxygen atoms in total. The summed E-state index contributed by atoms with van der Waals surface area (Å²) in [5.74, 6) is -6.81. The fourth-order valence-corrected chi connectivity index (χ4v) is 3.15. The molecule has 2 heterocycles. The van der Waals surface area contributed by atoms with Gasteiger partial charge in [-0.25, -0.2) is 8.78 Å². The van der Waals surface area contributed by atoms with Crippen LogP contribution in [-0.2, 0) is 20.1 Å². The van der Waals surface area contributed by atoms with Gasteiger partial charge in [0.25, 0.3) is 0 Å². The molecule has 0 fully saturated rings. The molecule has 0 amide bonds. The minimum Gasteiger partial charge on any atom is -0.305 e. The summed E-state index contributed by atoms with van der Waals surface area (Å²) in [7, 11) is 0. The van der Waals surface area contributed by atoms with Gasteiger partial charge in [0.1, 0.15) is 11.6 Å². The maximum absolute atomic E-state index is 13.3. The normalized spacial score (nSPS) is 10.1. The minimum absolute atomic E-state index is 0. The molecule has 0 aliphatic heterocycles. The van der Waals surface area contributed by atoms with E-state index in [0.717, 1.165) is 11.3 Å². The standard InChI is InChI=1S/C17H12N.C11H4F4N.Ir/c1-3-7-14(8-4-1)16-11-12-18-17(13-16)15-9-5-2-6-10-15;12-7-5-6(8-3-1-2-4-16-8)9(13)11(15)10(7)14;/h1-9,11-13H;1-4H;/q2*-1;. The number of halogens is 4. The molecule has 0 N–H and O–H groups in total. The van der Waals surface area contributed by atoms with Crippen LogP contribution in [0.3, 0.4) is 0 Å². The van der Waals surface area contributed by atoms with Crippen molar-refractivity contribution < 1.29 is 37.7 Å². The van der Waals surface area contributed by atoms with E-state index >= 15 is 0 Å². The van der Waals surface area contributed by atoms with Gasteiger partial charge in [-0.05, 0) is 34.6 Å². The van der Waals surface area contributed by atoms with Gasteiger partial charge in [0.2, 0.25) is 0 Å². The zero-order valence-electron chi connectivity index (χ0n) is 18.0. The molecule has 5 rings (SSSR count). The number of hydrogen-bond acceptors (Lipinski definition) is 2. The number of benzene rings is 3. The molecule has 7 heteroatoms. The second-order valence-corrected chi connectivity index (χ2v) is 7.04. The first kappa shape index (κ1) is 25.9. The van der Waals surface area contributed by atoms with Gasteiger partial charge in [-0.1, -0.05) is 60.2 Å². The second-order valence-electron chi connectivity index (χ2n) is 7.04. The van der Waals surface area contributed by atoms with E-state index in [1.54, 1.807) is 12.1 Å². The van der Waals surface area contributed by atoms with Crippen LogP contribution < -0.4 is 0 Å². The zero-order chi connectivity index (χ0) is 23.9. The van der Waals surface area contributed by atoms with Gasteiger partial charge in [-0.15, -0.1) is 35.9 Å². The predicted octanol–water partition coefficient (Wildman–Crippen LogP) is 7.32. The Kier molecular flexibility index (Phi) is 9.01. The van der Waals surface area contributed by atoms with Crippen molar-refractivity contribution in [2.45, 2.75) is 0 Å². The van der Waals surface area contributed by atoms with E-state index in [0.29, 0.717) is 0 Å². The number of pyridine rings is 2. The number of rotatable bonds is 3. The largest absolute Gasteiger partial charge is 0.305 e. The van der Waals surface area contributed by atoms with E-state index in [1.165, 1.54) is 29.5 Å². The van der Waals surface area contributed by atoms with Gasteiger partial charge in [0.05, 0.1) is 11.6 Å². The summed E-state index contributed by atoms with van der Waals surface area (Å²) in [6, 6.07) is 31.7. The van der Waals surface area contributed by atoms with Crippen molar-refractivity contribution in [3.8, 4) is 33.6 Å². The van der Waals surface area contributed by atoms with Crippen molar-refractivity contribution in [3.63, 3.8) is 0 Å². The molecule has 0 saturated heterocycles. The van der Waals surface area contributed by atoms with Crippen LogP contribution in [0, 0.1) is 35.4 Å². The van der Waals surface area contributed by atoms with Crippen molar-refractivity contribution in [2.75, 3.05) is 0 Å². The van der Waals surface area contributed by atoms with E-state index in [-0.39, 0.29) is 25.8 Å². The topological polar surface area (TPSA) is 25.8 Å². The monoisotopic (exact) mass is 649 g/mol. The molecule has 0 atom stereocenters. The third-order valence-corrected chi connectivity index (χ3v) is 4.81. The van der Waals surface area contributed by atoms with E-state index in [1.807, 2.05) is 54.7 Å². The number of nitrogens with zero attached hydrogens (tertiary/aromatic N) is 2. The van der Waals surface area contributed by atoms with Crippen molar-refractivity contribution in [1.82, 2.24) is 9.97 Å². The first-order valence-corrected chi connectivity index (χ1v) is 10.2. The van der Waals surface area contributed by atoms with Gasteiger partial charge < -0.3 is 9.97 Å². The van der Waals surface area contributed by atoms with Crippen LogP contribution in [0.1, 0.15) is 0 Å². The molecule has 1 radical (unpaired) electrons. The average molecular weight is 649 g/mol. The second kappa shape index (κ2) is 12.2. The molecule has 3 aromatic carbocycles. The Balaban J connectivity index is 0.000000192. The molecule has 177 valence electrons. The van der Waals surface area contributed by atoms with E-state index in [4.69, 9.17) is 0 Å². The third kappa shape index (κ3) is 6.27. The molecule has 35 heavy (non-hydrogen) atoms. The first-order valence-electron chi connectivity index (χ1n) is 10.2. The quantitative estimate of drug-likeness (QED) is 0.0888. The Labute approximate surface area is 213 Å². The smallest absolute Gasteiger partial charge is 0.114 e. The Hall–Kier alpha value is -3.67. The first-order chi connectivity index (χ1) is 16.5. The summed E-state index contributed by atoms with van der Waals surface area (Å²) >= 11 is 0. The molecule has 5 aromatic rings. The molecule has 0 aliphatic carbocycles. The van der Waals surface area contributed by atoms with Gasteiger partial charge >= 0.3 is 0 Å². The maximum atomic E-state index is 13.3. The zero-order valence-corrected chi connectivity index (χ0v) is 20.4. The Morgan fingerprint density at radius 1 is 0.600 bits per heavy atom. The maximum Gasteiger partial charge on any atom is 0.114 e. The van der Waals surface area contributed by atoms with Crippen LogP contribution in [-0.4, -0.2) is 9.97 Å². The van der Waals surface area contributed by atoms with Gasteiger partial charge in [-0.3, -0.25) is 8.78 Å². The van der Waals surface area contributed by atoms with Crippen LogP contribution in [0.2, 0.25) is 0 Å². The minimum atomic E-state index is -1.88. The van der Waals surface area contributed by atoms with Gasteiger partial charge in [0.15, 0.2) is 0 Å². The van der Waals surface area contributed by atoms with E-state index in [2.05, 4.69) is 34.2 Å². The summed E-state index contributed by atoms with van der Waals surface area (Å²) in [6.07, 6.45) is 3.17. The fourth-order valence-electron chi connectivity index (χ4n) is 3.15. The molecule has 0 aliphatic rings. The summed E-state index contributed by atoms with van der Waals surface area (Å²) < 4.78 is 51.7. The molecule has 2 aromatic heterocycles. The van der Waals surface area contributed by atoms with E-state index in [9.17, 15) is 17.6 Å². The van der Waals surface area contributed by atoms with Crippen molar-refractivity contribution >= 4 is 0 Å². The van der Waals surface area contributed by atoms with Crippen LogP contribution in [0.15, 0.2) is 97.3 Å². The van der Waals surface area contributed by atoms with Crippen molar-refractivity contribution in [1.29, 1.82) is 0 Å². The molecule has 0 bridgehead atoms. The summed E-state index contributed by atoms with van der Waals surface area (Å²) in [5, 5.41) is 0. The Bertz CT molecular complexity index is 1330. The van der Waals surface area contributed by atoms with Crippen LogP contribution in [0.25, 0.3) is 33.6 Å². The molecule has 0 spiro atoms. The molecular weight excluding hydrogens is 633 g/mol. The fraction of sp³-hybridized carbons (Fsp3) is 0. The molecular formula is C28H16F4IrN2-2. The Morgan fingerprint density at radius 2 is 1.31 bits per heavy atom. The number of aromatic nitrogens is 2. The average Bonchev–Trinajstić information content (AvgIpc) is 2.91. The SMILES string of the molecule is Fc1[c-]c(-c2ccccn2)c(F)c(F)c1F.[Ir].[c-]1ccccc1-c1cc(-c2ccccc2)ccn1. The summed E-state index contributed by atoms with van der Waals surface area (Å²) in [4.78, 5) is 8.10. The number of hydrogen-bond donors (Lipinski definition) is 0. The summed E-state index contributed by atoms with van der Waals surface area (Å²) in [6.45, 7) is 0. The van der Waals surface area contributed by atoms with Crippen molar-refractivity contribution in [2.24, 2.45) is 0 Å². The van der Waals surface area contributed by atoms with Crippen LogP contribution >= 0.6 is 0 Å². The van der Waals surface area contributed by atoms with E-state index < -0.39 is 28.8 Å².